The summed E-state index contributed by atoms with van der Waals surface area (Å²) >= 11 is 1.36. The van der Waals surface area contributed by atoms with Gasteiger partial charge < -0.3 is 10.4 Å². The van der Waals surface area contributed by atoms with Crippen LogP contribution >= 0.6 is 11.3 Å². The number of amides is 1. The molecule has 21 heavy (non-hydrogen) atoms. The zero-order valence-electron chi connectivity index (χ0n) is 10.7. The Kier molecular flexibility index (Phi) is 4.78. The molecule has 0 saturated heterocycles. The van der Waals surface area contributed by atoms with Crippen LogP contribution in [0.5, 0.6) is 0 Å². The monoisotopic (exact) mass is 306 g/mol. The Balaban J connectivity index is 1.94. The van der Waals surface area contributed by atoms with Crippen molar-refractivity contribution in [1.29, 1.82) is 0 Å². The van der Waals surface area contributed by atoms with Gasteiger partial charge in [0.25, 0.3) is 5.91 Å². The van der Waals surface area contributed by atoms with Gasteiger partial charge in [-0.2, -0.15) is 0 Å². The molecular formula is C14H11FN2O3S. The highest BCUT2D eigenvalue weighted by Gasteiger charge is 2.07. The zero-order chi connectivity index (χ0) is 15.2. The first-order chi connectivity index (χ1) is 10.0. The Labute approximate surface area is 123 Å². The predicted octanol–water partition coefficient (Wildman–Crippen LogP) is 2.31. The maximum Gasteiger partial charge on any atom is 0.328 e. The summed E-state index contributed by atoms with van der Waals surface area (Å²) in [6, 6.07) is 4.66. The van der Waals surface area contributed by atoms with Gasteiger partial charge in [0.2, 0.25) is 0 Å². The van der Waals surface area contributed by atoms with E-state index in [9.17, 15) is 14.0 Å². The maximum absolute atomic E-state index is 12.9. The Morgan fingerprint density at radius 1 is 1.38 bits per heavy atom. The van der Waals surface area contributed by atoms with Crippen molar-refractivity contribution in [2.45, 2.75) is 6.54 Å². The Morgan fingerprint density at radius 3 is 2.90 bits per heavy atom. The van der Waals surface area contributed by atoms with Crippen LogP contribution in [-0.2, 0) is 11.3 Å². The highest BCUT2D eigenvalue weighted by Crippen LogP contribution is 2.17. The number of halogens is 1. The summed E-state index contributed by atoms with van der Waals surface area (Å²) in [6.45, 7) is 0.279. The SMILES string of the molecule is O=C(O)/C=C/c1ccc(CNC(=O)c2cncc(F)c2)s1. The van der Waals surface area contributed by atoms with Gasteiger partial charge in [-0.3, -0.25) is 9.78 Å². The van der Waals surface area contributed by atoms with Crippen LogP contribution in [0.25, 0.3) is 6.08 Å². The summed E-state index contributed by atoms with van der Waals surface area (Å²) in [5.41, 5.74) is 0.151. The molecule has 2 rings (SSSR count). The standard InChI is InChI=1S/C14H11FN2O3S/c15-10-5-9(6-16-7-10)14(20)17-8-12-2-1-11(21-12)3-4-13(18)19/h1-7H,8H2,(H,17,20)(H,18,19)/b4-3+. The fourth-order valence-electron chi connectivity index (χ4n) is 1.54. The van der Waals surface area contributed by atoms with Crippen LogP contribution in [0.3, 0.4) is 0 Å². The van der Waals surface area contributed by atoms with Gasteiger partial charge in [0.1, 0.15) is 5.82 Å². The third-order valence-electron chi connectivity index (χ3n) is 2.46. The molecule has 0 aromatic carbocycles. The quantitative estimate of drug-likeness (QED) is 0.831. The summed E-state index contributed by atoms with van der Waals surface area (Å²) in [7, 11) is 0. The number of hydrogen-bond acceptors (Lipinski definition) is 4. The lowest BCUT2D eigenvalue weighted by atomic mass is 10.2. The molecule has 0 radical (unpaired) electrons. The molecule has 0 fully saturated rings. The topological polar surface area (TPSA) is 79.3 Å². The molecule has 0 bridgehead atoms. The van der Waals surface area contributed by atoms with Crippen molar-refractivity contribution in [1.82, 2.24) is 10.3 Å². The molecule has 0 spiro atoms. The summed E-state index contributed by atoms with van der Waals surface area (Å²) in [4.78, 5) is 27.4. The Bertz CT molecular complexity index is 697. The summed E-state index contributed by atoms with van der Waals surface area (Å²) in [5.74, 6) is -2.00. The molecule has 108 valence electrons. The Morgan fingerprint density at radius 2 is 2.19 bits per heavy atom. The number of carboxylic acids is 1. The first kappa shape index (κ1) is 14.9. The van der Waals surface area contributed by atoms with E-state index in [-0.39, 0.29) is 12.1 Å². The first-order valence-electron chi connectivity index (χ1n) is 5.93. The molecule has 0 unspecified atom stereocenters. The number of aliphatic carboxylic acids is 1. The smallest absolute Gasteiger partial charge is 0.328 e. The fraction of sp³-hybridized carbons (Fsp3) is 0.0714. The van der Waals surface area contributed by atoms with Gasteiger partial charge in [-0.15, -0.1) is 11.3 Å². The molecule has 2 aromatic rings. The molecule has 2 heterocycles. The van der Waals surface area contributed by atoms with Gasteiger partial charge in [-0.1, -0.05) is 0 Å². The number of nitrogens with one attached hydrogen (secondary N) is 1. The van der Waals surface area contributed by atoms with Crippen LogP contribution in [0.15, 0.2) is 36.7 Å². The van der Waals surface area contributed by atoms with Gasteiger partial charge in [-0.25, -0.2) is 9.18 Å². The van der Waals surface area contributed by atoms with Crippen LogP contribution in [0.1, 0.15) is 20.1 Å². The van der Waals surface area contributed by atoms with Crippen molar-refractivity contribution in [3.05, 3.63) is 57.8 Å². The summed E-state index contributed by atoms with van der Waals surface area (Å²) < 4.78 is 12.9. The number of aromatic nitrogens is 1. The van der Waals surface area contributed by atoms with Crippen LogP contribution < -0.4 is 5.32 Å². The number of hydrogen-bond donors (Lipinski definition) is 2. The number of thiophene rings is 1. The maximum atomic E-state index is 12.9. The molecule has 1 amide bonds. The van der Waals surface area contributed by atoms with Gasteiger partial charge in [-0.05, 0) is 24.3 Å². The molecule has 7 heteroatoms. The van der Waals surface area contributed by atoms with E-state index < -0.39 is 17.7 Å². The molecule has 5 nitrogen and oxygen atoms in total. The molecular weight excluding hydrogens is 295 g/mol. The fourth-order valence-corrected chi connectivity index (χ4v) is 2.39. The molecule has 0 aliphatic heterocycles. The second-order valence-corrected chi connectivity index (χ2v) is 5.25. The normalized spacial score (nSPS) is 10.7. The van der Waals surface area contributed by atoms with Gasteiger partial charge >= 0.3 is 5.97 Å². The lowest BCUT2D eigenvalue weighted by Crippen LogP contribution is -2.22. The number of pyridine rings is 1. The van der Waals surface area contributed by atoms with Crippen LogP contribution in [0.2, 0.25) is 0 Å². The van der Waals surface area contributed by atoms with Crippen molar-refractivity contribution in [2.24, 2.45) is 0 Å². The number of carbonyl (C=O) groups is 2. The summed E-state index contributed by atoms with van der Waals surface area (Å²) in [5, 5.41) is 11.2. The second kappa shape index (κ2) is 6.76. The second-order valence-electron chi connectivity index (χ2n) is 4.05. The van der Waals surface area contributed by atoms with Crippen molar-refractivity contribution in [3.63, 3.8) is 0 Å². The van der Waals surface area contributed by atoms with E-state index in [1.807, 2.05) is 0 Å². The van der Waals surface area contributed by atoms with Crippen molar-refractivity contribution in [2.75, 3.05) is 0 Å². The number of carbonyl (C=O) groups excluding carboxylic acids is 1. The lowest BCUT2D eigenvalue weighted by Gasteiger charge is -2.03. The van der Waals surface area contributed by atoms with E-state index >= 15 is 0 Å². The van der Waals surface area contributed by atoms with E-state index in [2.05, 4.69) is 10.3 Å². The van der Waals surface area contributed by atoms with Crippen molar-refractivity contribution < 1.29 is 19.1 Å². The zero-order valence-corrected chi connectivity index (χ0v) is 11.6. The molecule has 2 aromatic heterocycles. The minimum absolute atomic E-state index is 0.151. The number of carboxylic acid groups (broad SMARTS) is 1. The highest BCUT2D eigenvalue weighted by atomic mass is 32.1. The number of rotatable bonds is 5. The van der Waals surface area contributed by atoms with Crippen LogP contribution in [0.4, 0.5) is 4.39 Å². The minimum Gasteiger partial charge on any atom is -0.478 e. The molecule has 0 aliphatic carbocycles. The molecule has 2 N–H and O–H groups in total. The van der Waals surface area contributed by atoms with Crippen molar-refractivity contribution >= 4 is 29.3 Å². The average molecular weight is 306 g/mol. The molecule has 0 saturated carbocycles. The largest absolute Gasteiger partial charge is 0.478 e. The highest BCUT2D eigenvalue weighted by molar-refractivity contribution is 7.12. The van der Waals surface area contributed by atoms with Gasteiger partial charge in [0.15, 0.2) is 0 Å². The van der Waals surface area contributed by atoms with Gasteiger partial charge in [0.05, 0.1) is 18.3 Å². The third-order valence-corrected chi connectivity index (χ3v) is 3.51. The van der Waals surface area contributed by atoms with E-state index in [4.69, 9.17) is 5.11 Å². The minimum atomic E-state index is -1.02. The van der Waals surface area contributed by atoms with E-state index in [0.29, 0.717) is 0 Å². The van der Waals surface area contributed by atoms with Crippen LogP contribution in [-0.4, -0.2) is 22.0 Å². The van der Waals surface area contributed by atoms with Crippen molar-refractivity contribution in [3.8, 4) is 0 Å². The van der Waals surface area contributed by atoms with E-state index in [1.165, 1.54) is 23.6 Å². The third kappa shape index (κ3) is 4.50. The van der Waals surface area contributed by atoms with Gasteiger partial charge in [0, 0.05) is 22.0 Å². The lowest BCUT2D eigenvalue weighted by molar-refractivity contribution is -0.131. The molecule has 0 aliphatic rings. The first-order valence-corrected chi connectivity index (χ1v) is 6.75. The van der Waals surface area contributed by atoms with E-state index in [0.717, 1.165) is 28.1 Å². The average Bonchev–Trinajstić information content (AvgIpc) is 2.90. The van der Waals surface area contributed by atoms with Crippen LogP contribution in [0, 0.1) is 5.82 Å². The Hall–Kier alpha value is -2.54. The summed E-state index contributed by atoms with van der Waals surface area (Å²) in [6.07, 6.45) is 4.84. The molecule has 0 atom stereocenters. The number of nitrogens with zero attached hydrogens (tertiary/aromatic N) is 1. The predicted molar refractivity (Wildman–Crippen MR) is 76.4 cm³/mol. The van der Waals surface area contributed by atoms with E-state index in [1.54, 1.807) is 12.1 Å².